The first-order valence-electron chi connectivity index (χ1n) is 6.50. The lowest BCUT2D eigenvalue weighted by molar-refractivity contribution is -0.109. The van der Waals surface area contributed by atoms with Gasteiger partial charge in [-0.1, -0.05) is 11.8 Å². The van der Waals surface area contributed by atoms with Crippen LogP contribution in [0.4, 0.5) is 4.79 Å². The standard InChI is InChI=1S/C13H23NO4S/c1-10(15)19-9-11-8-17-7-5-6-14(11)12(16)18-13(2,3)4/h11H,5-9H2,1-4H3/t11-/m0/s1. The summed E-state index contributed by atoms with van der Waals surface area (Å²) >= 11 is 1.22. The van der Waals surface area contributed by atoms with Crippen molar-refractivity contribution in [2.45, 2.75) is 45.8 Å². The van der Waals surface area contributed by atoms with Crippen molar-refractivity contribution in [3.63, 3.8) is 0 Å². The average Bonchev–Trinajstić information content (AvgIpc) is 2.48. The number of nitrogens with zero attached hydrogens (tertiary/aromatic N) is 1. The van der Waals surface area contributed by atoms with E-state index in [1.165, 1.54) is 18.7 Å². The predicted octanol–water partition coefficient (Wildman–Crippen LogP) is 2.29. The second-order valence-electron chi connectivity index (χ2n) is 5.56. The zero-order valence-corrected chi connectivity index (χ0v) is 12.9. The predicted molar refractivity (Wildman–Crippen MR) is 75.3 cm³/mol. The van der Waals surface area contributed by atoms with Crippen LogP contribution in [-0.4, -0.2) is 53.3 Å². The first-order valence-corrected chi connectivity index (χ1v) is 7.49. The van der Waals surface area contributed by atoms with Crippen molar-refractivity contribution < 1.29 is 19.1 Å². The molecule has 110 valence electrons. The lowest BCUT2D eigenvalue weighted by Crippen LogP contribution is -2.46. The molecule has 0 aliphatic carbocycles. The minimum atomic E-state index is -0.511. The number of hydrogen-bond acceptors (Lipinski definition) is 5. The molecule has 0 aromatic carbocycles. The van der Waals surface area contributed by atoms with Crippen LogP contribution in [-0.2, 0) is 14.3 Å². The Labute approximate surface area is 119 Å². The molecule has 0 N–H and O–H groups in total. The van der Waals surface area contributed by atoms with Crippen LogP contribution in [0, 0.1) is 0 Å². The minimum Gasteiger partial charge on any atom is -0.444 e. The van der Waals surface area contributed by atoms with E-state index in [-0.39, 0.29) is 17.3 Å². The Kier molecular flexibility index (Phi) is 6.13. The molecule has 6 heteroatoms. The molecule has 5 nitrogen and oxygen atoms in total. The maximum absolute atomic E-state index is 12.2. The van der Waals surface area contributed by atoms with Gasteiger partial charge in [0.25, 0.3) is 0 Å². The number of carbonyl (C=O) groups excluding carboxylic acids is 2. The molecular weight excluding hydrogens is 266 g/mol. The number of rotatable bonds is 2. The molecular formula is C13H23NO4S. The Bertz CT molecular complexity index is 327. The third-order valence-electron chi connectivity index (χ3n) is 2.55. The lowest BCUT2D eigenvalue weighted by Gasteiger charge is -2.31. The molecule has 0 saturated carbocycles. The molecule has 1 aliphatic rings. The molecule has 1 rings (SSSR count). The van der Waals surface area contributed by atoms with E-state index in [0.717, 1.165) is 6.42 Å². The van der Waals surface area contributed by atoms with Gasteiger partial charge in [0.2, 0.25) is 0 Å². The number of thioether (sulfide) groups is 1. The zero-order valence-electron chi connectivity index (χ0n) is 12.1. The topological polar surface area (TPSA) is 55.8 Å². The summed E-state index contributed by atoms with van der Waals surface area (Å²) in [6, 6.07) is -0.105. The fourth-order valence-corrected chi connectivity index (χ4v) is 2.44. The summed E-state index contributed by atoms with van der Waals surface area (Å²) in [6.45, 7) is 8.77. The van der Waals surface area contributed by atoms with E-state index < -0.39 is 5.60 Å². The highest BCUT2D eigenvalue weighted by Crippen LogP contribution is 2.18. The minimum absolute atomic E-state index is 0.0494. The Morgan fingerprint density at radius 3 is 2.68 bits per heavy atom. The maximum atomic E-state index is 12.2. The van der Waals surface area contributed by atoms with Crippen LogP contribution in [0.25, 0.3) is 0 Å². The van der Waals surface area contributed by atoms with Crippen molar-refractivity contribution in [2.24, 2.45) is 0 Å². The molecule has 0 aromatic rings. The Balaban J connectivity index is 2.67. The summed E-state index contributed by atoms with van der Waals surface area (Å²) < 4.78 is 10.9. The largest absolute Gasteiger partial charge is 0.444 e. The first kappa shape index (κ1) is 16.3. The van der Waals surface area contributed by atoms with Gasteiger partial charge in [-0.15, -0.1) is 0 Å². The van der Waals surface area contributed by atoms with Gasteiger partial charge < -0.3 is 14.4 Å². The van der Waals surface area contributed by atoms with Gasteiger partial charge in [-0.3, -0.25) is 4.79 Å². The molecule has 1 aliphatic heterocycles. The smallest absolute Gasteiger partial charge is 0.410 e. The summed E-state index contributed by atoms with van der Waals surface area (Å²) in [5.74, 6) is 0.550. The van der Waals surface area contributed by atoms with Crippen LogP contribution in [0.1, 0.15) is 34.1 Å². The highest BCUT2D eigenvalue weighted by Gasteiger charge is 2.30. The molecule has 0 unspecified atom stereocenters. The Morgan fingerprint density at radius 1 is 1.42 bits per heavy atom. The first-order chi connectivity index (χ1) is 8.79. The maximum Gasteiger partial charge on any atom is 0.410 e. The van der Waals surface area contributed by atoms with E-state index >= 15 is 0 Å². The monoisotopic (exact) mass is 289 g/mol. The number of ether oxygens (including phenoxy) is 2. The summed E-state index contributed by atoms with van der Waals surface area (Å²) in [4.78, 5) is 24.9. The van der Waals surface area contributed by atoms with Crippen molar-refractivity contribution in [3.05, 3.63) is 0 Å². The number of amides is 1. The van der Waals surface area contributed by atoms with E-state index in [1.807, 2.05) is 20.8 Å². The van der Waals surface area contributed by atoms with Gasteiger partial charge in [-0.2, -0.15) is 0 Å². The summed E-state index contributed by atoms with van der Waals surface area (Å²) in [5, 5.41) is 0.0494. The van der Waals surface area contributed by atoms with Crippen LogP contribution in [0.2, 0.25) is 0 Å². The van der Waals surface area contributed by atoms with Crippen molar-refractivity contribution in [1.29, 1.82) is 0 Å². The van der Waals surface area contributed by atoms with Gasteiger partial charge in [0.1, 0.15) is 5.60 Å². The van der Waals surface area contributed by atoms with Crippen molar-refractivity contribution in [2.75, 3.05) is 25.5 Å². The fourth-order valence-electron chi connectivity index (χ4n) is 1.74. The quantitative estimate of drug-likeness (QED) is 0.780. The lowest BCUT2D eigenvalue weighted by atomic mass is 10.2. The van der Waals surface area contributed by atoms with E-state index in [1.54, 1.807) is 4.90 Å². The van der Waals surface area contributed by atoms with Gasteiger partial charge in [0.05, 0.1) is 12.6 Å². The van der Waals surface area contributed by atoms with Crippen LogP contribution in [0.3, 0.4) is 0 Å². The van der Waals surface area contributed by atoms with Crippen LogP contribution in [0.15, 0.2) is 0 Å². The van der Waals surface area contributed by atoms with Crippen molar-refractivity contribution in [3.8, 4) is 0 Å². The van der Waals surface area contributed by atoms with Gasteiger partial charge >= 0.3 is 6.09 Å². The molecule has 1 fully saturated rings. The third-order valence-corrected chi connectivity index (χ3v) is 3.50. The molecule has 0 bridgehead atoms. The molecule has 0 aromatic heterocycles. The highest BCUT2D eigenvalue weighted by atomic mass is 32.2. The van der Waals surface area contributed by atoms with Gasteiger partial charge in [-0.05, 0) is 27.2 Å². The molecule has 1 amide bonds. The summed E-state index contributed by atoms with van der Waals surface area (Å²) in [7, 11) is 0. The van der Waals surface area contributed by atoms with Crippen molar-refractivity contribution >= 4 is 23.0 Å². The Hall–Kier alpha value is -0.750. The van der Waals surface area contributed by atoms with Crippen LogP contribution in [0.5, 0.6) is 0 Å². The highest BCUT2D eigenvalue weighted by molar-refractivity contribution is 8.13. The molecule has 1 atom stereocenters. The third kappa shape index (κ3) is 6.29. The average molecular weight is 289 g/mol. The van der Waals surface area contributed by atoms with Crippen LogP contribution < -0.4 is 0 Å². The molecule has 0 spiro atoms. The second kappa shape index (κ2) is 7.14. The van der Waals surface area contributed by atoms with Crippen LogP contribution >= 0.6 is 11.8 Å². The summed E-state index contributed by atoms with van der Waals surface area (Å²) in [5.41, 5.74) is -0.511. The van der Waals surface area contributed by atoms with E-state index in [0.29, 0.717) is 25.5 Å². The van der Waals surface area contributed by atoms with E-state index in [4.69, 9.17) is 9.47 Å². The van der Waals surface area contributed by atoms with E-state index in [2.05, 4.69) is 0 Å². The Morgan fingerprint density at radius 2 is 2.11 bits per heavy atom. The van der Waals surface area contributed by atoms with Gasteiger partial charge in [-0.25, -0.2) is 4.79 Å². The van der Waals surface area contributed by atoms with Crippen molar-refractivity contribution in [1.82, 2.24) is 4.90 Å². The zero-order chi connectivity index (χ0) is 14.5. The molecule has 19 heavy (non-hydrogen) atoms. The van der Waals surface area contributed by atoms with E-state index in [9.17, 15) is 9.59 Å². The summed E-state index contributed by atoms with van der Waals surface area (Å²) in [6.07, 6.45) is 0.465. The number of carbonyl (C=O) groups is 2. The second-order valence-corrected chi connectivity index (χ2v) is 6.76. The fraction of sp³-hybridized carbons (Fsp3) is 0.846. The van der Waals surface area contributed by atoms with Gasteiger partial charge in [0, 0.05) is 25.8 Å². The normalized spacial score (nSPS) is 20.8. The molecule has 1 saturated heterocycles. The SMILES string of the molecule is CC(=O)SC[C@@H]1COCCCN1C(=O)OC(C)(C)C. The molecule has 1 heterocycles. The number of hydrogen-bond donors (Lipinski definition) is 0. The van der Waals surface area contributed by atoms with Gasteiger partial charge in [0.15, 0.2) is 5.12 Å². The molecule has 0 radical (unpaired) electrons.